The Labute approximate surface area is 116 Å². The van der Waals surface area contributed by atoms with Crippen LogP contribution >= 0.6 is 11.8 Å². The number of carbonyl (C=O) groups is 2. The van der Waals surface area contributed by atoms with E-state index in [1.165, 1.54) is 11.8 Å². The second kappa shape index (κ2) is 8.55. The van der Waals surface area contributed by atoms with Crippen LogP contribution in [0.25, 0.3) is 0 Å². The van der Waals surface area contributed by atoms with Crippen molar-refractivity contribution in [3.8, 4) is 0 Å². The van der Waals surface area contributed by atoms with Gasteiger partial charge in [-0.25, -0.2) is 4.79 Å². The van der Waals surface area contributed by atoms with Crippen molar-refractivity contribution in [2.45, 2.75) is 12.5 Å². The third-order valence-corrected chi connectivity index (χ3v) is 3.46. The third kappa shape index (κ3) is 6.26. The van der Waals surface area contributed by atoms with Gasteiger partial charge in [0.05, 0.1) is 12.2 Å². The number of aliphatic carboxylic acids is 1. The standard InChI is InChI=1S/C13H17NO4S/c14-11(12(15)16)9-19-8-4-7-18-13(17)10-5-2-1-3-6-10/h1-3,5-6,11H,4,7-9,14H2,(H,15,16)/t11-/m0/s1. The summed E-state index contributed by atoms with van der Waals surface area (Å²) >= 11 is 1.44. The maximum Gasteiger partial charge on any atom is 0.338 e. The first-order valence-electron chi connectivity index (χ1n) is 5.89. The van der Waals surface area contributed by atoms with E-state index in [-0.39, 0.29) is 5.97 Å². The molecule has 0 amide bonds. The molecule has 0 aliphatic rings. The van der Waals surface area contributed by atoms with Crippen LogP contribution in [0.3, 0.4) is 0 Å². The highest BCUT2D eigenvalue weighted by Gasteiger charge is 2.10. The molecule has 1 aromatic carbocycles. The van der Waals surface area contributed by atoms with Crippen LogP contribution in [-0.4, -0.2) is 41.2 Å². The summed E-state index contributed by atoms with van der Waals surface area (Å²) in [5.74, 6) is -0.263. The van der Waals surface area contributed by atoms with Gasteiger partial charge in [0.15, 0.2) is 0 Å². The molecule has 104 valence electrons. The van der Waals surface area contributed by atoms with Gasteiger partial charge in [-0.15, -0.1) is 0 Å². The molecule has 0 bridgehead atoms. The van der Waals surface area contributed by atoms with Gasteiger partial charge < -0.3 is 15.6 Å². The van der Waals surface area contributed by atoms with Crippen molar-refractivity contribution in [2.75, 3.05) is 18.1 Å². The van der Waals surface area contributed by atoms with Crippen molar-refractivity contribution in [2.24, 2.45) is 5.73 Å². The van der Waals surface area contributed by atoms with Gasteiger partial charge in [-0.1, -0.05) is 18.2 Å². The molecule has 19 heavy (non-hydrogen) atoms. The average Bonchev–Trinajstić information content (AvgIpc) is 2.42. The Bertz CT molecular complexity index is 410. The topological polar surface area (TPSA) is 89.6 Å². The first-order valence-corrected chi connectivity index (χ1v) is 7.05. The lowest BCUT2D eigenvalue weighted by atomic mass is 10.2. The molecular weight excluding hydrogens is 266 g/mol. The fourth-order valence-electron chi connectivity index (χ4n) is 1.27. The number of nitrogens with two attached hydrogens (primary N) is 1. The summed E-state index contributed by atoms with van der Waals surface area (Å²) in [5.41, 5.74) is 5.88. The van der Waals surface area contributed by atoms with Crippen LogP contribution < -0.4 is 5.73 Å². The molecule has 0 aliphatic heterocycles. The molecule has 0 aromatic heterocycles. The normalized spacial score (nSPS) is 11.8. The summed E-state index contributed by atoms with van der Waals surface area (Å²) in [6.07, 6.45) is 0.676. The monoisotopic (exact) mass is 283 g/mol. The van der Waals surface area contributed by atoms with Gasteiger partial charge in [0.1, 0.15) is 6.04 Å². The highest BCUT2D eigenvalue weighted by Crippen LogP contribution is 2.06. The van der Waals surface area contributed by atoms with Crippen LogP contribution in [0.1, 0.15) is 16.8 Å². The minimum atomic E-state index is -0.997. The van der Waals surface area contributed by atoms with E-state index in [0.717, 1.165) is 0 Å². The number of rotatable bonds is 8. The molecule has 3 N–H and O–H groups in total. The Kier molecular flexibility index (Phi) is 6.99. The Hall–Kier alpha value is -1.53. The van der Waals surface area contributed by atoms with Crippen molar-refractivity contribution in [1.82, 2.24) is 0 Å². The Morgan fingerprint density at radius 1 is 1.32 bits per heavy atom. The lowest BCUT2D eigenvalue weighted by Gasteiger charge is -2.06. The fourth-order valence-corrected chi connectivity index (χ4v) is 2.15. The fraction of sp³-hybridized carbons (Fsp3) is 0.385. The van der Waals surface area contributed by atoms with Crippen molar-refractivity contribution in [3.63, 3.8) is 0 Å². The van der Waals surface area contributed by atoms with Crippen LogP contribution in [0.4, 0.5) is 0 Å². The lowest BCUT2D eigenvalue weighted by molar-refractivity contribution is -0.137. The Morgan fingerprint density at radius 2 is 2.00 bits per heavy atom. The first-order chi connectivity index (χ1) is 9.11. The van der Waals surface area contributed by atoms with Crippen LogP contribution in [0.15, 0.2) is 30.3 Å². The van der Waals surface area contributed by atoms with Crippen molar-refractivity contribution >= 4 is 23.7 Å². The summed E-state index contributed by atoms with van der Waals surface area (Å²) in [5, 5.41) is 8.58. The van der Waals surface area contributed by atoms with Gasteiger partial charge in [-0.2, -0.15) is 11.8 Å². The first kappa shape index (κ1) is 15.5. The zero-order valence-electron chi connectivity index (χ0n) is 10.5. The predicted octanol–water partition coefficient (Wildman–Crippen LogP) is 1.38. The highest BCUT2D eigenvalue weighted by molar-refractivity contribution is 7.99. The lowest BCUT2D eigenvalue weighted by Crippen LogP contribution is -2.32. The minimum absolute atomic E-state index is 0.322. The number of carbonyl (C=O) groups excluding carboxylic acids is 1. The predicted molar refractivity (Wildman–Crippen MR) is 74.3 cm³/mol. The molecule has 0 saturated heterocycles. The quantitative estimate of drug-likeness (QED) is 0.553. The van der Waals surface area contributed by atoms with E-state index in [1.807, 2.05) is 6.07 Å². The van der Waals surface area contributed by atoms with Crippen LogP contribution in [0.2, 0.25) is 0 Å². The number of ether oxygens (including phenoxy) is 1. The molecule has 1 aromatic rings. The minimum Gasteiger partial charge on any atom is -0.480 e. The maximum atomic E-state index is 11.5. The number of carboxylic acid groups (broad SMARTS) is 1. The number of benzene rings is 1. The summed E-state index contributed by atoms with van der Waals surface area (Å²) in [6.45, 7) is 0.322. The number of hydrogen-bond donors (Lipinski definition) is 2. The molecule has 0 aliphatic carbocycles. The molecule has 1 atom stereocenters. The van der Waals surface area contributed by atoms with E-state index < -0.39 is 12.0 Å². The number of thioether (sulfide) groups is 1. The molecule has 0 radical (unpaired) electrons. The molecule has 0 fully saturated rings. The highest BCUT2D eigenvalue weighted by atomic mass is 32.2. The Morgan fingerprint density at radius 3 is 2.63 bits per heavy atom. The van der Waals surface area contributed by atoms with E-state index in [4.69, 9.17) is 15.6 Å². The largest absolute Gasteiger partial charge is 0.480 e. The van der Waals surface area contributed by atoms with Crippen molar-refractivity contribution in [1.29, 1.82) is 0 Å². The average molecular weight is 283 g/mol. The van der Waals surface area contributed by atoms with Crippen molar-refractivity contribution < 1.29 is 19.4 Å². The number of carboxylic acids is 1. The Balaban J connectivity index is 2.08. The van der Waals surface area contributed by atoms with Gasteiger partial charge in [0.25, 0.3) is 0 Å². The molecule has 5 nitrogen and oxygen atoms in total. The SMILES string of the molecule is N[C@@H](CSCCCOC(=O)c1ccccc1)C(=O)O. The maximum absolute atomic E-state index is 11.5. The zero-order chi connectivity index (χ0) is 14.1. The third-order valence-electron chi connectivity index (χ3n) is 2.29. The zero-order valence-corrected chi connectivity index (χ0v) is 11.3. The van der Waals surface area contributed by atoms with E-state index in [0.29, 0.717) is 30.1 Å². The van der Waals surface area contributed by atoms with Gasteiger partial charge >= 0.3 is 11.9 Å². The summed E-state index contributed by atoms with van der Waals surface area (Å²) in [4.78, 5) is 22.0. The van der Waals surface area contributed by atoms with E-state index in [2.05, 4.69) is 0 Å². The smallest absolute Gasteiger partial charge is 0.338 e. The van der Waals surface area contributed by atoms with Gasteiger partial charge in [0, 0.05) is 5.75 Å². The van der Waals surface area contributed by atoms with E-state index in [9.17, 15) is 9.59 Å². The molecule has 6 heteroatoms. The van der Waals surface area contributed by atoms with Crippen molar-refractivity contribution in [3.05, 3.63) is 35.9 Å². The van der Waals surface area contributed by atoms with Crippen LogP contribution in [-0.2, 0) is 9.53 Å². The van der Waals surface area contributed by atoms with Gasteiger partial charge in [-0.3, -0.25) is 4.79 Å². The van der Waals surface area contributed by atoms with Crippen LogP contribution in [0.5, 0.6) is 0 Å². The summed E-state index contributed by atoms with van der Waals surface area (Å²) in [6, 6.07) is 7.95. The second-order valence-corrected chi connectivity index (χ2v) is 5.02. The summed E-state index contributed by atoms with van der Waals surface area (Å²) in [7, 11) is 0. The van der Waals surface area contributed by atoms with E-state index >= 15 is 0 Å². The molecule has 0 heterocycles. The van der Waals surface area contributed by atoms with E-state index in [1.54, 1.807) is 24.3 Å². The molecule has 0 spiro atoms. The second-order valence-electron chi connectivity index (χ2n) is 3.88. The van der Waals surface area contributed by atoms with Crippen LogP contribution in [0, 0.1) is 0 Å². The van der Waals surface area contributed by atoms with Gasteiger partial charge in [-0.05, 0) is 24.3 Å². The van der Waals surface area contributed by atoms with Gasteiger partial charge in [0.2, 0.25) is 0 Å². The molecular formula is C13H17NO4S. The molecule has 0 saturated carbocycles. The molecule has 1 rings (SSSR count). The number of hydrogen-bond acceptors (Lipinski definition) is 5. The molecule has 0 unspecified atom stereocenters. The summed E-state index contributed by atoms with van der Waals surface area (Å²) < 4.78 is 5.08. The number of esters is 1.